The zero-order valence-electron chi connectivity index (χ0n) is 7.63. The minimum absolute atomic E-state index is 0.599. The lowest BCUT2D eigenvalue weighted by Crippen LogP contribution is -1.77. The maximum atomic E-state index is 3.77. The van der Waals surface area contributed by atoms with Gasteiger partial charge in [-0.05, 0) is 17.5 Å². The van der Waals surface area contributed by atoms with E-state index in [0.717, 1.165) is 0 Å². The first kappa shape index (κ1) is 9.27. The second kappa shape index (κ2) is 3.72. The normalized spacial score (nSPS) is 10.2. The van der Waals surface area contributed by atoms with Crippen molar-refractivity contribution in [2.75, 3.05) is 0 Å². The van der Waals surface area contributed by atoms with Crippen molar-refractivity contribution in [2.45, 2.75) is 19.8 Å². The van der Waals surface area contributed by atoms with Crippen LogP contribution >= 0.6 is 11.3 Å². The van der Waals surface area contributed by atoms with Gasteiger partial charge in [0.1, 0.15) is 0 Å². The molecule has 1 rings (SSSR count). The van der Waals surface area contributed by atoms with Crippen LogP contribution in [0.5, 0.6) is 0 Å². The Morgan fingerprint density at radius 3 is 2.33 bits per heavy atom. The topological polar surface area (TPSA) is 0 Å². The van der Waals surface area contributed by atoms with Gasteiger partial charge in [0.15, 0.2) is 0 Å². The summed E-state index contributed by atoms with van der Waals surface area (Å²) < 4.78 is 0. The summed E-state index contributed by atoms with van der Waals surface area (Å²) in [4.78, 5) is 2.63. The van der Waals surface area contributed by atoms with E-state index in [9.17, 15) is 0 Å². The molecule has 12 heavy (non-hydrogen) atoms. The molecule has 0 bridgehead atoms. The Bertz CT molecular complexity index is 266. The zero-order valence-corrected chi connectivity index (χ0v) is 8.45. The highest BCUT2D eigenvalue weighted by Gasteiger charge is 2.06. The molecule has 64 valence electrons. The monoisotopic (exact) mass is 178 g/mol. The number of thiophene rings is 1. The summed E-state index contributed by atoms with van der Waals surface area (Å²) in [5.74, 6) is 0.599. The lowest BCUT2D eigenvalue weighted by atomic mass is 10.1. The SMILES string of the molecule is C=Cc1cc(C(C)C)sc1C=C. The fourth-order valence-electron chi connectivity index (χ4n) is 1.04. The lowest BCUT2D eigenvalue weighted by Gasteiger charge is -1.96. The summed E-state index contributed by atoms with van der Waals surface area (Å²) in [5, 5.41) is 0. The molecule has 1 heterocycles. The van der Waals surface area contributed by atoms with Gasteiger partial charge in [0, 0.05) is 9.75 Å². The fraction of sp³-hybridized carbons (Fsp3) is 0.273. The molecule has 0 aliphatic rings. The first-order valence-electron chi connectivity index (χ1n) is 4.07. The molecule has 0 nitrogen and oxygen atoms in total. The highest BCUT2D eigenvalue weighted by molar-refractivity contribution is 7.13. The minimum Gasteiger partial charge on any atom is -0.140 e. The van der Waals surface area contributed by atoms with Gasteiger partial charge in [-0.1, -0.05) is 39.2 Å². The molecule has 0 unspecified atom stereocenters. The second-order valence-corrected chi connectivity index (χ2v) is 4.15. The van der Waals surface area contributed by atoms with Crippen molar-refractivity contribution in [3.8, 4) is 0 Å². The molecule has 1 heteroatoms. The fourth-order valence-corrected chi connectivity index (χ4v) is 2.06. The van der Waals surface area contributed by atoms with Crippen molar-refractivity contribution < 1.29 is 0 Å². The van der Waals surface area contributed by atoms with Crippen molar-refractivity contribution in [3.63, 3.8) is 0 Å². The molecule has 0 spiro atoms. The Labute approximate surface area is 78.2 Å². The third-order valence-electron chi connectivity index (χ3n) is 1.78. The summed E-state index contributed by atoms with van der Waals surface area (Å²) in [5.41, 5.74) is 1.21. The molecule has 0 saturated heterocycles. The van der Waals surface area contributed by atoms with E-state index in [1.54, 1.807) is 11.3 Å². The summed E-state index contributed by atoms with van der Waals surface area (Å²) in [6, 6.07) is 2.19. The van der Waals surface area contributed by atoms with Gasteiger partial charge in [-0.15, -0.1) is 11.3 Å². The van der Waals surface area contributed by atoms with Crippen molar-refractivity contribution in [1.29, 1.82) is 0 Å². The quantitative estimate of drug-likeness (QED) is 0.652. The average molecular weight is 178 g/mol. The van der Waals surface area contributed by atoms with E-state index in [2.05, 4.69) is 33.1 Å². The van der Waals surface area contributed by atoms with Crippen LogP contribution in [0.3, 0.4) is 0 Å². The standard InChI is InChI=1S/C11H14S/c1-5-9-7-11(8(3)4)12-10(9)6-2/h5-8H,1-2H2,3-4H3. The van der Waals surface area contributed by atoms with Gasteiger partial charge < -0.3 is 0 Å². The van der Waals surface area contributed by atoms with E-state index in [4.69, 9.17) is 0 Å². The highest BCUT2D eigenvalue weighted by atomic mass is 32.1. The smallest absolute Gasteiger partial charge is 0.0339 e. The summed E-state index contributed by atoms with van der Waals surface area (Å²) in [7, 11) is 0. The Hall–Kier alpha value is -0.820. The van der Waals surface area contributed by atoms with Crippen LogP contribution in [0.1, 0.15) is 35.1 Å². The number of hydrogen-bond acceptors (Lipinski definition) is 1. The summed E-state index contributed by atoms with van der Waals surface area (Å²) in [6.45, 7) is 11.9. The first-order valence-corrected chi connectivity index (χ1v) is 4.89. The molecule has 0 atom stereocenters. The van der Waals surface area contributed by atoms with Crippen molar-refractivity contribution >= 4 is 23.5 Å². The van der Waals surface area contributed by atoms with Crippen LogP contribution < -0.4 is 0 Å². The molecule has 0 N–H and O–H groups in total. The zero-order chi connectivity index (χ0) is 9.14. The lowest BCUT2D eigenvalue weighted by molar-refractivity contribution is 0.889. The van der Waals surface area contributed by atoms with E-state index in [1.165, 1.54) is 15.3 Å². The molecule has 1 aromatic heterocycles. The van der Waals surface area contributed by atoms with E-state index in [-0.39, 0.29) is 0 Å². The Morgan fingerprint density at radius 1 is 1.33 bits per heavy atom. The predicted octanol–water partition coefficient (Wildman–Crippen LogP) is 4.16. The van der Waals surface area contributed by atoms with E-state index >= 15 is 0 Å². The first-order chi connectivity index (χ1) is 5.69. The molecule has 0 fully saturated rings. The molecule has 0 amide bonds. The number of hydrogen-bond donors (Lipinski definition) is 0. The molecule has 0 saturated carbocycles. The van der Waals surface area contributed by atoms with Gasteiger partial charge in [0.2, 0.25) is 0 Å². The largest absolute Gasteiger partial charge is 0.140 e. The Kier molecular flexibility index (Phi) is 2.88. The maximum absolute atomic E-state index is 3.77. The molecular weight excluding hydrogens is 164 g/mol. The molecule has 0 radical (unpaired) electrons. The molecule has 0 aliphatic carbocycles. The summed E-state index contributed by atoms with van der Waals surface area (Å²) in [6.07, 6.45) is 3.78. The number of rotatable bonds is 3. The van der Waals surface area contributed by atoms with Crippen molar-refractivity contribution in [2.24, 2.45) is 0 Å². The molecule has 0 aromatic carbocycles. The van der Waals surface area contributed by atoms with Gasteiger partial charge in [-0.3, -0.25) is 0 Å². The van der Waals surface area contributed by atoms with E-state index in [1.807, 2.05) is 12.2 Å². The van der Waals surface area contributed by atoms with Gasteiger partial charge in [-0.25, -0.2) is 0 Å². The van der Waals surface area contributed by atoms with Crippen LogP contribution in [0.4, 0.5) is 0 Å². The van der Waals surface area contributed by atoms with Gasteiger partial charge in [0.05, 0.1) is 0 Å². The Morgan fingerprint density at radius 2 is 2.00 bits per heavy atom. The predicted molar refractivity (Wildman–Crippen MR) is 58.6 cm³/mol. The molecule has 1 aromatic rings. The summed E-state index contributed by atoms with van der Waals surface area (Å²) >= 11 is 1.80. The van der Waals surface area contributed by atoms with Gasteiger partial charge >= 0.3 is 0 Å². The third kappa shape index (κ3) is 1.67. The van der Waals surface area contributed by atoms with Crippen molar-refractivity contribution in [3.05, 3.63) is 34.5 Å². The van der Waals surface area contributed by atoms with Crippen LogP contribution in [0, 0.1) is 0 Å². The molecule has 0 aliphatic heterocycles. The third-order valence-corrected chi connectivity index (χ3v) is 3.23. The van der Waals surface area contributed by atoms with Crippen LogP contribution in [-0.4, -0.2) is 0 Å². The van der Waals surface area contributed by atoms with Crippen LogP contribution in [0.2, 0.25) is 0 Å². The Balaban J connectivity index is 3.13. The average Bonchev–Trinajstić information content (AvgIpc) is 2.46. The van der Waals surface area contributed by atoms with Crippen molar-refractivity contribution in [1.82, 2.24) is 0 Å². The van der Waals surface area contributed by atoms with Crippen LogP contribution in [0.15, 0.2) is 19.2 Å². The molecular formula is C11H14S. The van der Waals surface area contributed by atoms with E-state index in [0.29, 0.717) is 5.92 Å². The second-order valence-electron chi connectivity index (χ2n) is 3.03. The minimum atomic E-state index is 0.599. The van der Waals surface area contributed by atoms with E-state index < -0.39 is 0 Å². The maximum Gasteiger partial charge on any atom is 0.0339 e. The van der Waals surface area contributed by atoms with Crippen LogP contribution in [0.25, 0.3) is 12.2 Å². The van der Waals surface area contributed by atoms with Crippen LogP contribution in [-0.2, 0) is 0 Å². The highest BCUT2D eigenvalue weighted by Crippen LogP contribution is 2.29. The van der Waals surface area contributed by atoms with Gasteiger partial charge in [0.25, 0.3) is 0 Å². The van der Waals surface area contributed by atoms with Gasteiger partial charge in [-0.2, -0.15) is 0 Å².